The van der Waals surface area contributed by atoms with Crippen LogP contribution in [0.1, 0.15) is 30.5 Å². The first-order valence-corrected chi connectivity index (χ1v) is 6.72. The smallest absolute Gasteiger partial charge is 0.139 e. The molecule has 1 aliphatic carbocycles. The van der Waals surface area contributed by atoms with E-state index in [-0.39, 0.29) is 5.84 Å². The minimum atomic E-state index is 0.120. The summed E-state index contributed by atoms with van der Waals surface area (Å²) in [5.74, 6) is 2.69. The summed E-state index contributed by atoms with van der Waals surface area (Å²) >= 11 is 0. The van der Waals surface area contributed by atoms with Gasteiger partial charge in [-0.25, -0.2) is 4.98 Å². The van der Waals surface area contributed by atoms with Crippen LogP contribution in [0.25, 0.3) is 0 Å². The van der Waals surface area contributed by atoms with E-state index in [1.807, 2.05) is 19.1 Å². The summed E-state index contributed by atoms with van der Waals surface area (Å²) in [5.41, 5.74) is 7.44. The molecule has 2 heterocycles. The predicted octanol–water partition coefficient (Wildman–Crippen LogP) is 1.91. The fraction of sp³-hybridized carbons (Fsp3) is 0.571. The van der Waals surface area contributed by atoms with E-state index in [0.717, 1.165) is 42.0 Å². The second-order valence-corrected chi connectivity index (χ2v) is 5.59. The molecule has 1 aliphatic heterocycles. The second-order valence-electron chi connectivity index (χ2n) is 5.59. The highest BCUT2D eigenvalue weighted by Gasteiger charge is 2.37. The number of rotatable bonds is 2. The Morgan fingerprint density at radius 3 is 2.61 bits per heavy atom. The van der Waals surface area contributed by atoms with Gasteiger partial charge in [0.1, 0.15) is 11.7 Å². The van der Waals surface area contributed by atoms with Crippen LogP contribution in [0.15, 0.2) is 12.1 Å². The number of aryl methyl sites for hydroxylation is 1. The highest BCUT2D eigenvalue weighted by atomic mass is 15.2. The van der Waals surface area contributed by atoms with Crippen molar-refractivity contribution in [2.24, 2.45) is 17.6 Å². The molecular formula is C14H20N4. The molecule has 18 heavy (non-hydrogen) atoms. The fourth-order valence-corrected chi connectivity index (χ4v) is 3.40. The van der Waals surface area contributed by atoms with E-state index in [1.165, 1.54) is 19.3 Å². The largest absolute Gasteiger partial charge is 0.384 e. The summed E-state index contributed by atoms with van der Waals surface area (Å²) in [6.45, 7) is 4.16. The number of aromatic nitrogens is 1. The van der Waals surface area contributed by atoms with Crippen LogP contribution in [0.5, 0.6) is 0 Å². The number of anilines is 1. The number of hydrogen-bond acceptors (Lipinski definition) is 3. The van der Waals surface area contributed by atoms with E-state index < -0.39 is 0 Å². The van der Waals surface area contributed by atoms with Gasteiger partial charge < -0.3 is 10.6 Å². The van der Waals surface area contributed by atoms with E-state index in [1.54, 1.807) is 0 Å². The number of fused-ring (bicyclic) bond motifs is 1. The highest BCUT2D eigenvalue weighted by Crippen LogP contribution is 2.39. The molecule has 1 aromatic rings. The first-order valence-electron chi connectivity index (χ1n) is 6.72. The van der Waals surface area contributed by atoms with Gasteiger partial charge in [-0.1, -0.05) is 6.42 Å². The van der Waals surface area contributed by atoms with Gasteiger partial charge in [0, 0.05) is 18.8 Å². The van der Waals surface area contributed by atoms with E-state index in [4.69, 9.17) is 11.1 Å². The summed E-state index contributed by atoms with van der Waals surface area (Å²) in [7, 11) is 0. The van der Waals surface area contributed by atoms with Crippen LogP contribution >= 0.6 is 0 Å². The minimum absolute atomic E-state index is 0.120. The molecule has 0 radical (unpaired) electrons. The van der Waals surface area contributed by atoms with Crippen LogP contribution in [0.2, 0.25) is 0 Å². The van der Waals surface area contributed by atoms with Crippen molar-refractivity contribution in [2.45, 2.75) is 26.2 Å². The molecule has 0 bridgehead atoms. The molecule has 2 atom stereocenters. The Bertz CT molecular complexity index is 471. The van der Waals surface area contributed by atoms with Gasteiger partial charge in [-0.15, -0.1) is 0 Å². The van der Waals surface area contributed by atoms with Crippen molar-refractivity contribution in [1.82, 2.24) is 4.98 Å². The normalized spacial score (nSPS) is 26.4. The lowest BCUT2D eigenvalue weighted by Crippen LogP contribution is -2.26. The average Bonchev–Trinajstić information content (AvgIpc) is 2.88. The van der Waals surface area contributed by atoms with Gasteiger partial charge in [0.25, 0.3) is 0 Å². The van der Waals surface area contributed by atoms with Crippen LogP contribution < -0.4 is 10.6 Å². The standard InChI is InChI=1S/C14H20N4/c1-9-5-6-12(13(15)16)14(17-9)18-7-10-3-2-4-11(10)8-18/h5-6,10-11H,2-4,7-8H2,1H3,(H3,15,16). The van der Waals surface area contributed by atoms with E-state index in [9.17, 15) is 0 Å². The third-order valence-electron chi connectivity index (χ3n) is 4.33. The molecule has 2 aliphatic rings. The molecule has 3 rings (SSSR count). The molecule has 1 saturated heterocycles. The third kappa shape index (κ3) is 1.85. The van der Waals surface area contributed by atoms with Crippen molar-refractivity contribution in [3.8, 4) is 0 Å². The Morgan fingerprint density at radius 2 is 2.00 bits per heavy atom. The lowest BCUT2D eigenvalue weighted by molar-refractivity contribution is 0.494. The lowest BCUT2D eigenvalue weighted by Gasteiger charge is -2.21. The monoisotopic (exact) mass is 244 g/mol. The second kappa shape index (κ2) is 4.26. The quantitative estimate of drug-likeness (QED) is 0.617. The zero-order valence-corrected chi connectivity index (χ0v) is 10.8. The maximum absolute atomic E-state index is 7.68. The van der Waals surface area contributed by atoms with E-state index in [0.29, 0.717) is 0 Å². The van der Waals surface area contributed by atoms with Crippen molar-refractivity contribution in [2.75, 3.05) is 18.0 Å². The SMILES string of the molecule is Cc1ccc(C(=N)N)c(N2CC3CCCC3C2)n1. The van der Waals surface area contributed by atoms with Crippen LogP contribution in [0, 0.1) is 24.2 Å². The van der Waals surface area contributed by atoms with Crippen LogP contribution in [0.4, 0.5) is 5.82 Å². The molecule has 3 N–H and O–H groups in total. The first-order chi connectivity index (χ1) is 8.65. The van der Waals surface area contributed by atoms with E-state index in [2.05, 4.69) is 9.88 Å². The Morgan fingerprint density at radius 1 is 1.33 bits per heavy atom. The molecule has 1 aromatic heterocycles. The number of nitrogens with two attached hydrogens (primary N) is 1. The van der Waals surface area contributed by atoms with Crippen molar-refractivity contribution >= 4 is 11.7 Å². The first kappa shape index (κ1) is 11.5. The van der Waals surface area contributed by atoms with Gasteiger partial charge >= 0.3 is 0 Å². The highest BCUT2D eigenvalue weighted by molar-refractivity contribution is 5.99. The summed E-state index contributed by atoms with van der Waals surface area (Å²) in [6.07, 6.45) is 4.08. The van der Waals surface area contributed by atoms with Crippen molar-refractivity contribution in [3.05, 3.63) is 23.4 Å². The van der Waals surface area contributed by atoms with Gasteiger partial charge in [-0.3, -0.25) is 5.41 Å². The van der Waals surface area contributed by atoms with Crippen molar-refractivity contribution < 1.29 is 0 Å². The van der Waals surface area contributed by atoms with Gasteiger partial charge in [-0.2, -0.15) is 0 Å². The molecule has 2 fully saturated rings. The average molecular weight is 244 g/mol. The van der Waals surface area contributed by atoms with Gasteiger partial charge in [0.15, 0.2) is 0 Å². The minimum Gasteiger partial charge on any atom is -0.384 e. The molecule has 2 unspecified atom stereocenters. The molecule has 0 amide bonds. The van der Waals surface area contributed by atoms with E-state index >= 15 is 0 Å². The molecule has 4 nitrogen and oxygen atoms in total. The number of pyridine rings is 1. The fourth-order valence-electron chi connectivity index (χ4n) is 3.40. The molecule has 1 saturated carbocycles. The summed E-state index contributed by atoms with van der Waals surface area (Å²) < 4.78 is 0. The predicted molar refractivity (Wildman–Crippen MR) is 73.0 cm³/mol. The zero-order valence-electron chi connectivity index (χ0n) is 10.8. The van der Waals surface area contributed by atoms with Gasteiger partial charge in [-0.05, 0) is 43.7 Å². The van der Waals surface area contributed by atoms with Crippen LogP contribution in [-0.2, 0) is 0 Å². The molecule has 0 spiro atoms. The Hall–Kier alpha value is -1.58. The number of nitrogen functional groups attached to an aromatic ring is 1. The van der Waals surface area contributed by atoms with Crippen molar-refractivity contribution in [3.63, 3.8) is 0 Å². The zero-order chi connectivity index (χ0) is 12.7. The molecule has 96 valence electrons. The summed E-state index contributed by atoms with van der Waals surface area (Å²) in [6, 6.07) is 3.85. The number of hydrogen-bond donors (Lipinski definition) is 2. The third-order valence-corrected chi connectivity index (χ3v) is 4.33. The van der Waals surface area contributed by atoms with Gasteiger partial charge in [0.05, 0.1) is 5.56 Å². The Kier molecular flexibility index (Phi) is 2.73. The van der Waals surface area contributed by atoms with Crippen molar-refractivity contribution in [1.29, 1.82) is 5.41 Å². The van der Waals surface area contributed by atoms with Gasteiger partial charge in [0.2, 0.25) is 0 Å². The molecule has 4 heteroatoms. The van der Waals surface area contributed by atoms with Crippen LogP contribution in [-0.4, -0.2) is 23.9 Å². The number of nitrogens with zero attached hydrogens (tertiary/aromatic N) is 2. The molecule has 0 aromatic carbocycles. The Labute approximate surface area is 108 Å². The lowest BCUT2D eigenvalue weighted by atomic mass is 10.0. The molecular weight excluding hydrogens is 224 g/mol. The number of amidine groups is 1. The summed E-state index contributed by atoms with van der Waals surface area (Å²) in [4.78, 5) is 6.94. The van der Waals surface area contributed by atoms with Crippen LogP contribution in [0.3, 0.4) is 0 Å². The maximum atomic E-state index is 7.68. The number of nitrogens with one attached hydrogen (secondary N) is 1. The topological polar surface area (TPSA) is 66.0 Å². The Balaban J connectivity index is 1.92. The maximum Gasteiger partial charge on any atom is 0.139 e. The summed E-state index contributed by atoms with van der Waals surface area (Å²) in [5, 5.41) is 7.68.